The number of benzene rings is 1. The molecule has 1 fully saturated rings. The van der Waals surface area contributed by atoms with E-state index in [2.05, 4.69) is 51.8 Å². The number of likely N-dealkylation sites (tertiary alicyclic amines) is 1. The summed E-state index contributed by atoms with van der Waals surface area (Å²) >= 11 is 9.74. The molecule has 1 aromatic carbocycles. The van der Waals surface area contributed by atoms with Crippen LogP contribution >= 0.6 is 27.5 Å². The van der Waals surface area contributed by atoms with Crippen LogP contribution in [0.5, 0.6) is 0 Å². The molecule has 0 atom stereocenters. The molecule has 0 aromatic heterocycles. The Morgan fingerprint density at radius 1 is 1.37 bits per heavy atom. The van der Waals surface area contributed by atoms with Gasteiger partial charge in [-0.1, -0.05) is 40.5 Å². The molecule has 0 bridgehead atoms. The summed E-state index contributed by atoms with van der Waals surface area (Å²) in [6.45, 7) is 6.79. The molecule has 1 heterocycles. The largest absolute Gasteiger partial charge is 0.303 e. The van der Waals surface area contributed by atoms with Crippen LogP contribution in [0.4, 0.5) is 0 Å². The van der Waals surface area contributed by atoms with E-state index in [1.54, 1.807) is 0 Å². The summed E-state index contributed by atoms with van der Waals surface area (Å²) in [5.74, 6) is 0. The Morgan fingerprint density at radius 2 is 2.05 bits per heavy atom. The first-order valence-electron chi connectivity index (χ1n) is 6.96. The van der Waals surface area contributed by atoms with Crippen LogP contribution in [0.25, 0.3) is 0 Å². The number of hydrogen-bond acceptors (Lipinski definition) is 2. The van der Waals surface area contributed by atoms with Gasteiger partial charge >= 0.3 is 0 Å². The van der Waals surface area contributed by atoms with Gasteiger partial charge in [-0.15, -0.1) is 0 Å². The number of rotatable bonds is 4. The minimum Gasteiger partial charge on any atom is -0.303 e. The Labute approximate surface area is 129 Å². The lowest BCUT2D eigenvalue weighted by atomic mass is 10.0. The first-order chi connectivity index (χ1) is 9.10. The van der Waals surface area contributed by atoms with Crippen LogP contribution in [0.15, 0.2) is 22.7 Å². The third kappa shape index (κ3) is 4.19. The molecule has 1 aliphatic heterocycles. The van der Waals surface area contributed by atoms with E-state index < -0.39 is 0 Å². The normalized spacial score (nSPS) is 18.2. The van der Waals surface area contributed by atoms with E-state index >= 15 is 0 Å². The number of nitrogens with zero attached hydrogens (tertiary/aromatic N) is 2. The van der Waals surface area contributed by atoms with Crippen LogP contribution in [-0.2, 0) is 6.54 Å². The van der Waals surface area contributed by atoms with Gasteiger partial charge in [-0.25, -0.2) is 0 Å². The fourth-order valence-electron chi connectivity index (χ4n) is 2.72. The maximum absolute atomic E-state index is 6.29. The van der Waals surface area contributed by atoms with Crippen LogP contribution < -0.4 is 0 Å². The Kier molecular flexibility index (Phi) is 5.70. The maximum atomic E-state index is 6.29. The van der Waals surface area contributed by atoms with Crippen LogP contribution in [0.1, 0.15) is 25.3 Å². The smallest absolute Gasteiger partial charge is 0.0462 e. The molecule has 0 saturated carbocycles. The summed E-state index contributed by atoms with van der Waals surface area (Å²) in [6.07, 6.45) is 2.52. The molecule has 0 unspecified atom stereocenters. The fourth-order valence-corrected chi connectivity index (χ4v) is 3.46. The van der Waals surface area contributed by atoms with Crippen molar-refractivity contribution in [3.05, 3.63) is 33.3 Å². The molecule has 0 N–H and O–H groups in total. The van der Waals surface area contributed by atoms with Crippen molar-refractivity contribution in [3.8, 4) is 0 Å². The molecular weight excluding hydrogens is 324 g/mol. The van der Waals surface area contributed by atoms with E-state index in [1.165, 1.54) is 38.0 Å². The highest BCUT2D eigenvalue weighted by Gasteiger charge is 2.21. The van der Waals surface area contributed by atoms with E-state index in [9.17, 15) is 0 Å². The maximum Gasteiger partial charge on any atom is 0.0462 e. The lowest BCUT2D eigenvalue weighted by Crippen LogP contribution is -2.42. The van der Waals surface area contributed by atoms with Crippen LogP contribution in [0.3, 0.4) is 0 Å². The van der Waals surface area contributed by atoms with Crippen molar-refractivity contribution in [2.24, 2.45) is 0 Å². The predicted molar refractivity (Wildman–Crippen MR) is 85.8 cm³/mol. The van der Waals surface area contributed by atoms with E-state index in [-0.39, 0.29) is 0 Å². The average Bonchev–Trinajstić information content (AvgIpc) is 2.42. The standard InChI is InChI=1S/C15H22BrClN2/c1-3-19-8-6-14(7-9-19)18(2)11-12-4-5-13(16)10-15(12)17/h4-5,10,14H,3,6-9,11H2,1-2H3. The number of hydrogen-bond donors (Lipinski definition) is 0. The van der Waals surface area contributed by atoms with E-state index in [1.807, 2.05) is 6.07 Å². The van der Waals surface area contributed by atoms with Crippen molar-refractivity contribution in [2.45, 2.75) is 32.4 Å². The zero-order chi connectivity index (χ0) is 13.8. The van der Waals surface area contributed by atoms with Crippen LogP contribution in [-0.4, -0.2) is 42.5 Å². The lowest BCUT2D eigenvalue weighted by Gasteiger charge is -2.36. The quantitative estimate of drug-likeness (QED) is 0.813. The monoisotopic (exact) mass is 344 g/mol. The summed E-state index contributed by atoms with van der Waals surface area (Å²) in [6, 6.07) is 6.84. The molecule has 4 heteroatoms. The van der Waals surface area contributed by atoms with Gasteiger partial charge in [0.1, 0.15) is 0 Å². The molecular formula is C15H22BrClN2. The van der Waals surface area contributed by atoms with Gasteiger partial charge < -0.3 is 4.90 Å². The molecule has 1 aromatic rings. The molecule has 2 rings (SSSR count). The zero-order valence-corrected chi connectivity index (χ0v) is 14.0. The summed E-state index contributed by atoms with van der Waals surface area (Å²) in [7, 11) is 2.21. The highest BCUT2D eigenvalue weighted by molar-refractivity contribution is 9.10. The molecule has 0 spiro atoms. The van der Waals surface area contributed by atoms with Crippen molar-refractivity contribution >= 4 is 27.5 Å². The Bertz CT molecular complexity index is 417. The van der Waals surface area contributed by atoms with Crippen molar-refractivity contribution in [2.75, 3.05) is 26.7 Å². The summed E-state index contributed by atoms with van der Waals surface area (Å²) < 4.78 is 1.04. The van der Waals surface area contributed by atoms with Gasteiger partial charge in [-0.2, -0.15) is 0 Å². The summed E-state index contributed by atoms with van der Waals surface area (Å²) in [5, 5.41) is 0.854. The molecule has 0 radical (unpaired) electrons. The summed E-state index contributed by atoms with van der Waals surface area (Å²) in [5.41, 5.74) is 1.21. The third-order valence-corrected chi connectivity index (χ3v) is 4.91. The van der Waals surface area contributed by atoms with Crippen molar-refractivity contribution in [3.63, 3.8) is 0 Å². The van der Waals surface area contributed by atoms with Gasteiger partial charge in [0.25, 0.3) is 0 Å². The molecule has 106 valence electrons. The highest BCUT2D eigenvalue weighted by atomic mass is 79.9. The average molecular weight is 346 g/mol. The van der Waals surface area contributed by atoms with E-state index in [0.29, 0.717) is 6.04 Å². The van der Waals surface area contributed by atoms with Gasteiger partial charge in [0.15, 0.2) is 0 Å². The Hall–Kier alpha value is -0.0900. The minimum absolute atomic E-state index is 0.683. The fraction of sp³-hybridized carbons (Fsp3) is 0.600. The number of piperidine rings is 1. The second-order valence-electron chi connectivity index (χ2n) is 5.32. The Morgan fingerprint density at radius 3 is 2.63 bits per heavy atom. The Balaban J connectivity index is 1.92. The molecule has 0 aliphatic carbocycles. The topological polar surface area (TPSA) is 6.48 Å². The third-order valence-electron chi connectivity index (χ3n) is 4.06. The highest BCUT2D eigenvalue weighted by Crippen LogP contribution is 2.24. The zero-order valence-electron chi connectivity index (χ0n) is 11.7. The number of halogens is 2. The lowest BCUT2D eigenvalue weighted by molar-refractivity contribution is 0.127. The van der Waals surface area contributed by atoms with Crippen LogP contribution in [0, 0.1) is 0 Å². The predicted octanol–water partition coefficient (Wildman–Crippen LogP) is 4.02. The van der Waals surface area contributed by atoms with Gasteiger partial charge in [0, 0.05) is 22.1 Å². The van der Waals surface area contributed by atoms with E-state index in [4.69, 9.17) is 11.6 Å². The second kappa shape index (κ2) is 7.07. The second-order valence-corrected chi connectivity index (χ2v) is 6.64. The van der Waals surface area contributed by atoms with Gasteiger partial charge in [-0.3, -0.25) is 4.90 Å². The van der Waals surface area contributed by atoms with Gasteiger partial charge in [0.05, 0.1) is 0 Å². The van der Waals surface area contributed by atoms with E-state index in [0.717, 1.165) is 16.0 Å². The molecule has 2 nitrogen and oxygen atoms in total. The molecule has 19 heavy (non-hydrogen) atoms. The van der Waals surface area contributed by atoms with Crippen molar-refractivity contribution < 1.29 is 0 Å². The molecule has 0 amide bonds. The van der Waals surface area contributed by atoms with Gasteiger partial charge in [-0.05, 0) is 57.2 Å². The minimum atomic E-state index is 0.683. The van der Waals surface area contributed by atoms with Crippen molar-refractivity contribution in [1.82, 2.24) is 9.80 Å². The first kappa shape index (κ1) is 15.3. The summed E-state index contributed by atoms with van der Waals surface area (Å²) in [4.78, 5) is 4.97. The molecule has 1 aliphatic rings. The van der Waals surface area contributed by atoms with Crippen LogP contribution in [0.2, 0.25) is 5.02 Å². The van der Waals surface area contributed by atoms with Crippen molar-refractivity contribution in [1.29, 1.82) is 0 Å². The SMILES string of the molecule is CCN1CCC(N(C)Cc2ccc(Br)cc2Cl)CC1. The first-order valence-corrected chi connectivity index (χ1v) is 8.13. The van der Waals surface area contributed by atoms with Gasteiger partial charge in [0.2, 0.25) is 0 Å². The molecule has 1 saturated heterocycles.